The third-order valence-corrected chi connectivity index (χ3v) is 3.37. The van der Waals surface area contributed by atoms with Gasteiger partial charge in [-0.05, 0) is 60.9 Å². The van der Waals surface area contributed by atoms with E-state index in [4.69, 9.17) is 10.5 Å². The molecule has 0 aliphatic heterocycles. The van der Waals surface area contributed by atoms with Crippen LogP contribution in [0.2, 0.25) is 0 Å². The Bertz CT molecular complexity index is 630. The predicted molar refractivity (Wildman–Crippen MR) is 86.0 cm³/mol. The fraction of sp³-hybridized carbons (Fsp3) is 0.278. The fourth-order valence-electron chi connectivity index (χ4n) is 2.23. The summed E-state index contributed by atoms with van der Waals surface area (Å²) < 4.78 is 5.63. The number of hydrogen-bond acceptors (Lipinski definition) is 3. The van der Waals surface area contributed by atoms with Crippen molar-refractivity contribution in [1.29, 1.82) is 0 Å². The van der Waals surface area contributed by atoms with Crippen molar-refractivity contribution in [1.82, 2.24) is 0 Å². The molecule has 0 bridgehead atoms. The summed E-state index contributed by atoms with van der Waals surface area (Å²) in [6.45, 7) is 6.76. The van der Waals surface area contributed by atoms with Gasteiger partial charge < -0.3 is 10.5 Å². The SMILES string of the molecule is CCOc1ccc(C(=O)c2ccc(N)cc2)cc1C(C)C. The van der Waals surface area contributed by atoms with Crippen molar-refractivity contribution in [2.75, 3.05) is 12.3 Å². The maximum atomic E-state index is 12.5. The van der Waals surface area contributed by atoms with Crippen molar-refractivity contribution < 1.29 is 9.53 Å². The molecule has 0 unspecified atom stereocenters. The number of carbonyl (C=O) groups is 1. The molecule has 0 heterocycles. The van der Waals surface area contributed by atoms with E-state index in [2.05, 4.69) is 13.8 Å². The number of nitrogen functional groups attached to an aromatic ring is 1. The minimum Gasteiger partial charge on any atom is -0.494 e. The maximum Gasteiger partial charge on any atom is 0.193 e. The molecule has 0 atom stereocenters. The number of ether oxygens (including phenoxy) is 1. The Labute approximate surface area is 125 Å². The average Bonchev–Trinajstić information content (AvgIpc) is 2.48. The molecule has 0 amide bonds. The number of hydrogen-bond donors (Lipinski definition) is 1. The maximum absolute atomic E-state index is 12.5. The molecule has 2 rings (SSSR count). The summed E-state index contributed by atoms with van der Waals surface area (Å²) in [5.74, 6) is 1.15. The van der Waals surface area contributed by atoms with Crippen LogP contribution in [0.25, 0.3) is 0 Å². The van der Waals surface area contributed by atoms with E-state index < -0.39 is 0 Å². The summed E-state index contributed by atoms with van der Waals surface area (Å²) in [5.41, 5.74) is 8.68. The molecule has 0 fully saturated rings. The van der Waals surface area contributed by atoms with Crippen LogP contribution < -0.4 is 10.5 Å². The van der Waals surface area contributed by atoms with Crippen molar-refractivity contribution >= 4 is 11.5 Å². The zero-order chi connectivity index (χ0) is 15.4. The zero-order valence-corrected chi connectivity index (χ0v) is 12.7. The van der Waals surface area contributed by atoms with Gasteiger partial charge in [-0.3, -0.25) is 4.79 Å². The van der Waals surface area contributed by atoms with Crippen molar-refractivity contribution in [3.63, 3.8) is 0 Å². The summed E-state index contributed by atoms with van der Waals surface area (Å²) in [5, 5.41) is 0. The number of rotatable bonds is 5. The van der Waals surface area contributed by atoms with Gasteiger partial charge in [-0.1, -0.05) is 13.8 Å². The molecular formula is C18H21NO2. The monoisotopic (exact) mass is 283 g/mol. The van der Waals surface area contributed by atoms with E-state index in [0.717, 1.165) is 11.3 Å². The lowest BCUT2D eigenvalue weighted by Gasteiger charge is -2.14. The van der Waals surface area contributed by atoms with Crippen LogP contribution in [-0.4, -0.2) is 12.4 Å². The van der Waals surface area contributed by atoms with Gasteiger partial charge in [0.25, 0.3) is 0 Å². The highest BCUT2D eigenvalue weighted by atomic mass is 16.5. The number of nitrogens with two attached hydrogens (primary N) is 1. The summed E-state index contributed by atoms with van der Waals surface area (Å²) >= 11 is 0. The van der Waals surface area contributed by atoms with Gasteiger partial charge in [0.1, 0.15) is 5.75 Å². The Morgan fingerprint density at radius 2 is 1.71 bits per heavy atom. The van der Waals surface area contributed by atoms with Gasteiger partial charge in [0.05, 0.1) is 6.61 Å². The van der Waals surface area contributed by atoms with Crippen molar-refractivity contribution in [2.45, 2.75) is 26.7 Å². The lowest BCUT2D eigenvalue weighted by atomic mass is 9.95. The van der Waals surface area contributed by atoms with E-state index >= 15 is 0 Å². The van der Waals surface area contributed by atoms with Crippen LogP contribution in [0, 0.1) is 0 Å². The Kier molecular flexibility index (Phi) is 4.63. The first-order valence-corrected chi connectivity index (χ1v) is 7.20. The Balaban J connectivity index is 2.37. The molecule has 2 aromatic rings. The van der Waals surface area contributed by atoms with Crippen LogP contribution in [0.3, 0.4) is 0 Å². The summed E-state index contributed by atoms with van der Waals surface area (Å²) in [4.78, 5) is 12.5. The molecule has 3 heteroatoms. The second-order valence-corrected chi connectivity index (χ2v) is 5.29. The van der Waals surface area contributed by atoms with Gasteiger partial charge in [-0.2, -0.15) is 0 Å². The molecule has 2 N–H and O–H groups in total. The first-order valence-electron chi connectivity index (χ1n) is 7.20. The fourth-order valence-corrected chi connectivity index (χ4v) is 2.23. The molecule has 2 aromatic carbocycles. The molecule has 0 aliphatic rings. The number of carbonyl (C=O) groups excluding carboxylic acids is 1. The van der Waals surface area contributed by atoms with E-state index in [0.29, 0.717) is 29.3 Å². The first kappa shape index (κ1) is 15.1. The van der Waals surface area contributed by atoms with Crippen LogP contribution in [0.1, 0.15) is 48.2 Å². The molecule has 0 aromatic heterocycles. The Morgan fingerprint density at radius 1 is 1.10 bits per heavy atom. The molecule has 3 nitrogen and oxygen atoms in total. The topological polar surface area (TPSA) is 52.3 Å². The van der Waals surface area contributed by atoms with E-state index in [-0.39, 0.29) is 5.78 Å². The van der Waals surface area contributed by atoms with Gasteiger partial charge in [0, 0.05) is 16.8 Å². The highest BCUT2D eigenvalue weighted by Crippen LogP contribution is 2.28. The van der Waals surface area contributed by atoms with Crippen LogP contribution >= 0.6 is 0 Å². The lowest BCUT2D eigenvalue weighted by Crippen LogP contribution is -2.05. The highest BCUT2D eigenvalue weighted by molar-refractivity contribution is 6.09. The molecule has 110 valence electrons. The molecule has 0 radical (unpaired) electrons. The quantitative estimate of drug-likeness (QED) is 0.666. The minimum atomic E-state index is -0.0000477. The summed E-state index contributed by atoms with van der Waals surface area (Å²) in [6.07, 6.45) is 0. The predicted octanol–water partition coefficient (Wildman–Crippen LogP) is 4.02. The lowest BCUT2D eigenvalue weighted by molar-refractivity contribution is 0.103. The van der Waals surface area contributed by atoms with Crippen molar-refractivity contribution in [3.05, 3.63) is 59.2 Å². The Morgan fingerprint density at radius 3 is 2.29 bits per heavy atom. The first-order chi connectivity index (χ1) is 10.0. The van der Waals surface area contributed by atoms with Crippen LogP contribution in [0.4, 0.5) is 5.69 Å². The van der Waals surface area contributed by atoms with Crippen LogP contribution in [-0.2, 0) is 0 Å². The Hall–Kier alpha value is -2.29. The van der Waals surface area contributed by atoms with E-state index in [9.17, 15) is 4.79 Å². The minimum absolute atomic E-state index is 0.0000477. The zero-order valence-electron chi connectivity index (χ0n) is 12.7. The van der Waals surface area contributed by atoms with Gasteiger partial charge in [-0.25, -0.2) is 0 Å². The van der Waals surface area contributed by atoms with Gasteiger partial charge in [-0.15, -0.1) is 0 Å². The molecule has 0 spiro atoms. The van der Waals surface area contributed by atoms with Crippen LogP contribution in [0.15, 0.2) is 42.5 Å². The van der Waals surface area contributed by atoms with Gasteiger partial charge in [0.15, 0.2) is 5.78 Å². The van der Waals surface area contributed by atoms with Crippen molar-refractivity contribution in [2.24, 2.45) is 0 Å². The van der Waals surface area contributed by atoms with Crippen molar-refractivity contribution in [3.8, 4) is 5.75 Å². The third kappa shape index (κ3) is 3.43. The normalized spacial score (nSPS) is 10.7. The van der Waals surface area contributed by atoms with E-state index in [1.807, 2.05) is 25.1 Å². The number of benzene rings is 2. The van der Waals surface area contributed by atoms with E-state index in [1.54, 1.807) is 24.3 Å². The molecule has 0 saturated heterocycles. The number of ketones is 1. The second kappa shape index (κ2) is 6.44. The largest absolute Gasteiger partial charge is 0.494 e. The summed E-state index contributed by atoms with van der Waals surface area (Å²) in [7, 11) is 0. The van der Waals surface area contributed by atoms with Crippen LogP contribution in [0.5, 0.6) is 5.75 Å². The van der Waals surface area contributed by atoms with Gasteiger partial charge >= 0.3 is 0 Å². The molecule has 21 heavy (non-hydrogen) atoms. The molecule has 0 aliphatic carbocycles. The number of anilines is 1. The van der Waals surface area contributed by atoms with E-state index in [1.165, 1.54) is 0 Å². The highest BCUT2D eigenvalue weighted by Gasteiger charge is 2.14. The smallest absolute Gasteiger partial charge is 0.193 e. The van der Waals surface area contributed by atoms with Gasteiger partial charge in [0.2, 0.25) is 0 Å². The second-order valence-electron chi connectivity index (χ2n) is 5.29. The molecule has 0 saturated carbocycles. The third-order valence-electron chi connectivity index (χ3n) is 3.37. The standard InChI is InChI=1S/C18H21NO2/c1-4-21-17-10-7-14(11-16(17)12(2)3)18(20)13-5-8-15(19)9-6-13/h5-12H,4,19H2,1-3H3. The molecular weight excluding hydrogens is 262 g/mol. The summed E-state index contributed by atoms with van der Waals surface area (Å²) in [6, 6.07) is 12.6. The average molecular weight is 283 g/mol.